The van der Waals surface area contributed by atoms with Crippen LogP contribution in [0.4, 0.5) is 11.4 Å². The number of amides is 1. The zero-order valence-corrected chi connectivity index (χ0v) is 16.5. The first-order chi connectivity index (χ1) is 14.7. The van der Waals surface area contributed by atoms with Crippen molar-refractivity contribution in [1.82, 2.24) is 4.98 Å². The number of carbonyl (C=O) groups is 1. The molecule has 0 saturated heterocycles. The Morgan fingerprint density at radius 3 is 2.07 bits per heavy atom. The van der Waals surface area contributed by atoms with Crippen LogP contribution in [0.1, 0.15) is 10.4 Å². The van der Waals surface area contributed by atoms with Crippen LogP contribution >= 0.6 is 0 Å². The highest BCUT2D eigenvalue weighted by atomic mass is 16.5. The molecule has 0 unspecified atom stereocenters. The first-order valence-corrected chi connectivity index (χ1v) is 9.60. The Hall–Kier alpha value is -4.12. The van der Waals surface area contributed by atoms with Gasteiger partial charge in [0.15, 0.2) is 0 Å². The summed E-state index contributed by atoms with van der Waals surface area (Å²) in [5, 5.41) is 5.92. The minimum atomic E-state index is -0.187. The average molecular weight is 395 g/mol. The lowest BCUT2D eigenvalue weighted by Crippen LogP contribution is -2.11. The van der Waals surface area contributed by atoms with Gasteiger partial charge in [-0.3, -0.25) is 4.79 Å². The molecule has 0 aliphatic heterocycles. The van der Waals surface area contributed by atoms with Crippen molar-refractivity contribution < 1.29 is 9.53 Å². The molecule has 1 aromatic heterocycles. The number of aromatic nitrogens is 1. The summed E-state index contributed by atoms with van der Waals surface area (Å²) in [7, 11) is 1.86. The number of benzene rings is 3. The van der Waals surface area contributed by atoms with Crippen LogP contribution in [0.5, 0.6) is 11.6 Å². The Morgan fingerprint density at radius 2 is 1.43 bits per heavy atom. The van der Waals surface area contributed by atoms with Gasteiger partial charge in [-0.2, -0.15) is 0 Å². The predicted octanol–water partition coefficient (Wildman–Crippen LogP) is 5.83. The standard InChI is InChI=1S/C25H21N3O2/c1-26-21-11-14-23(15-12-21)30-24-16-13-22(17-27-24)28-25(29)20-9-7-19(8-10-20)18-5-3-2-4-6-18/h2-17,26H,1H3,(H,28,29). The molecule has 0 aliphatic rings. The number of anilines is 2. The lowest BCUT2D eigenvalue weighted by molar-refractivity contribution is 0.102. The quantitative estimate of drug-likeness (QED) is 0.431. The zero-order valence-electron chi connectivity index (χ0n) is 16.5. The third-order valence-corrected chi connectivity index (χ3v) is 4.61. The third-order valence-electron chi connectivity index (χ3n) is 4.61. The molecular formula is C25H21N3O2. The molecule has 0 saturated carbocycles. The SMILES string of the molecule is CNc1ccc(Oc2ccc(NC(=O)c3ccc(-c4ccccc4)cc3)cn2)cc1. The van der Waals surface area contributed by atoms with Gasteiger partial charge in [0.25, 0.3) is 5.91 Å². The Bertz CT molecular complexity index is 1110. The summed E-state index contributed by atoms with van der Waals surface area (Å²) in [6.45, 7) is 0. The van der Waals surface area contributed by atoms with Crippen molar-refractivity contribution in [1.29, 1.82) is 0 Å². The van der Waals surface area contributed by atoms with E-state index in [0.29, 0.717) is 22.9 Å². The van der Waals surface area contributed by atoms with Gasteiger partial charge in [-0.1, -0.05) is 42.5 Å². The number of carbonyl (C=O) groups excluding carboxylic acids is 1. The van der Waals surface area contributed by atoms with E-state index in [1.807, 2.05) is 85.9 Å². The van der Waals surface area contributed by atoms with Crippen LogP contribution in [-0.4, -0.2) is 17.9 Å². The van der Waals surface area contributed by atoms with Crippen molar-refractivity contribution in [2.24, 2.45) is 0 Å². The Kier molecular flexibility index (Phi) is 5.71. The van der Waals surface area contributed by atoms with E-state index in [2.05, 4.69) is 15.6 Å². The fourth-order valence-corrected chi connectivity index (χ4v) is 2.97. The number of pyridine rings is 1. The van der Waals surface area contributed by atoms with Crippen molar-refractivity contribution >= 4 is 17.3 Å². The van der Waals surface area contributed by atoms with Gasteiger partial charge in [0.05, 0.1) is 11.9 Å². The minimum absolute atomic E-state index is 0.187. The maximum Gasteiger partial charge on any atom is 0.255 e. The Balaban J connectivity index is 1.38. The summed E-state index contributed by atoms with van der Waals surface area (Å²) < 4.78 is 5.73. The highest BCUT2D eigenvalue weighted by molar-refractivity contribution is 6.04. The minimum Gasteiger partial charge on any atom is -0.439 e. The molecule has 148 valence electrons. The van der Waals surface area contributed by atoms with Crippen LogP contribution in [0, 0.1) is 0 Å². The van der Waals surface area contributed by atoms with E-state index < -0.39 is 0 Å². The van der Waals surface area contributed by atoms with Crippen LogP contribution in [0.15, 0.2) is 97.2 Å². The van der Waals surface area contributed by atoms with Crippen molar-refractivity contribution in [3.63, 3.8) is 0 Å². The molecule has 0 bridgehead atoms. The first-order valence-electron chi connectivity index (χ1n) is 9.60. The largest absolute Gasteiger partial charge is 0.439 e. The van der Waals surface area contributed by atoms with Gasteiger partial charge in [0.1, 0.15) is 5.75 Å². The van der Waals surface area contributed by atoms with E-state index in [9.17, 15) is 4.79 Å². The fraction of sp³-hybridized carbons (Fsp3) is 0.0400. The van der Waals surface area contributed by atoms with E-state index >= 15 is 0 Å². The van der Waals surface area contributed by atoms with E-state index in [1.165, 1.54) is 0 Å². The van der Waals surface area contributed by atoms with Crippen LogP contribution in [0.25, 0.3) is 11.1 Å². The molecule has 0 atom stereocenters. The van der Waals surface area contributed by atoms with Gasteiger partial charge < -0.3 is 15.4 Å². The summed E-state index contributed by atoms with van der Waals surface area (Å²) in [6, 6.07) is 28.6. The monoisotopic (exact) mass is 395 g/mol. The second-order valence-electron chi connectivity index (χ2n) is 6.66. The highest BCUT2D eigenvalue weighted by Gasteiger charge is 2.08. The van der Waals surface area contributed by atoms with E-state index in [-0.39, 0.29) is 5.91 Å². The van der Waals surface area contributed by atoms with Gasteiger partial charge in [-0.05, 0) is 53.6 Å². The van der Waals surface area contributed by atoms with Crippen molar-refractivity contribution in [2.45, 2.75) is 0 Å². The zero-order chi connectivity index (χ0) is 20.8. The lowest BCUT2D eigenvalue weighted by atomic mass is 10.0. The van der Waals surface area contributed by atoms with E-state index in [1.54, 1.807) is 18.3 Å². The van der Waals surface area contributed by atoms with Crippen LogP contribution in [0.2, 0.25) is 0 Å². The molecule has 0 spiro atoms. The molecule has 4 aromatic rings. The average Bonchev–Trinajstić information content (AvgIpc) is 2.81. The number of ether oxygens (including phenoxy) is 1. The molecule has 5 heteroatoms. The Morgan fingerprint density at radius 1 is 0.767 bits per heavy atom. The molecular weight excluding hydrogens is 374 g/mol. The first kappa shape index (κ1) is 19.2. The van der Waals surface area contributed by atoms with Gasteiger partial charge >= 0.3 is 0 Å². The number of nitrogens with zero attached hydrogens (tertiary/aromatic N) is 1. The summed E-state index contributed by atoms with van der Waals surface area (Å²) in [4.78, 5) is 16.8. The summed E-state index contributed by atoms with van der Waals surface area (Å²) in [5.41, 5.74) is 4.37. The maximum absolute atomic E-state index is 12.5. The maximum atomic E-state index is 12.5. The molecule has 2 N–H and O–H groups in total. The summed E-state index contributed by atoms with van der Waals surface area (Å²) in [6.07, 6.45) is 1.58. The third kappa shape index (κ3) is 4.64. The molecule has 1 heterocycles. The molecule has 0 aliphatic carbocycles. The lowest BCUT2D eigenvalue weighted by Gasteiger charge is -2.08. The van der Waals surface area contributed by atoms with Gasteiger partial charge in [0, 0.05) is 24.4 Å². The van der Waals surface area contributed by atoms with Gasteiger partial charge in [-0.25, -0.2) is 4.98 Å². The molecule has 1 amide bonds. The molecule has 0 fully saturated rings. The summed E-state index contributed by atoms with van der Waals surface area (Å²) in [5.74, 6) is 0.960. The van der Waals surface area contributed by atoms with Crippen molar-refractivity contribution in [3.05, 3.63) is 103 Å². The molecule has 3 aromatic carbocycles. The van der Waals surface area contributed by atoms with Crippen molar-refractivity contribution in [3.8, 4) is 22.8 Å². The predicted molar refractivity (Wildman–Crippen MR) is 120 cm³/mol. The van der Waals surface area contributed by atoms with Crippen LogP contribution in [0.3, 0.4) is 0 Å². The fourth-order valence-electron chi connectivity index (χ4n) is 2.97. The highest BCUT2D eigenvalue weighted by Crippen LogP contribution is 2.23. The Labute approximate surface area is 175 Å². The smallest absolute Gasteiger partial charge is 0.255 e. The van der Waals surface area contributed by atoms with Gasteiger partial charge in [0.2, 0.25) is 5.88 Å². The van der Waals surface area contributed by atoms with Crippen LogP contribution < -0.4 is 15.4 Å². The molecule has 30 heavy (non-hydrogen) atoms. The molecule has 0 radical (unpaired) electrons. The second kappa shape index (κ2) is 8.92. The second-order valence-corrected chi connectivity index (χ2v) is 6.66. The number of nitrogens with one attached hydrogen (secondary N) is 2. The normalized spacial score (nSPS) is 10.3. The van der Waals surface area contributed by atoms with Gasteiger partial charge in [-0.15, -0.1) is 0 Å². The van der Waals surface area contributed by atoms with E-state index in [4.69, 9.17) is 4.74 Å². The molecule has 4 rings (SSSR count). The summed E-state index contributed by atoms with van der Waals surface area (Å²) >= 11 is 0. The van der Waals surface area contributed by atoms with Crippen LogP contribution in [-0.2, 0) is 0 Å². The van der Waals surface area contributed by atoms with E-state index in [0.717, 1.165) is 16.8 Å². The number of rotatable bonds is 6. The topological polar surface area (TPSA) is 63.2 Å². The van der Waals surface area contributed by atoms with Crippen molar-refractivity contribution in [2.75, 3.05) is 17.7 Å². The molecule has 5 nitrogen and oxygen atoms in total. The number of hydrogen-bond donors (Lipinski definition) is 2. The number of hydrogen-bond acceptors (Lipinski definition) is 4.